The van der Waals surface area contributed by atoms with E-state index in [1.165, 1.54) is 12.1 Å². The number of rotatable bonds is 0. The van der Waals surface area contributed by atoms with Crippen LogP contribution in [0.4, 0.5) is 14.5 Å². The van der Waals surface area contributed by atoms with Crippen LogP contribution in [0.2, 0.25) is 0 Å². The maximum absolute atomic E-state index is 12.5. The minimum absolute atomic E-state index is 0.0172. The molecule has 1 heterocycles. The molecule has 0 saturated heterocycles. The van der Waals surface area contributed by atoms with Crippen LogP contribution in [0.1, 0.15) is 0 Å². The van der Waals surface area contributed by atoms with Crippen LogP contribution in [0.3, 0.4) is 0 Å². The number of alkyl halides is 2. The monoisotopic (exact) mass is 299 g/mol. The number of nitrogen functional groups attached to an aromatic ring is 1. The van der Waals surface area contributed by atoms with Crippen LogP contribution in [0.5, 0.6) is 11.5 Å². The van der Waals surface area contributed by atoms with Crippen molar-refractivity contribution in [1.82, 2.24) is 0 Å². The van der Waals surface area contributed by atoms with Crippen molar-refractivity contribution in [3.63, 3.8) is 0 Å². The maximum Gasteiger partial charge on any atom is 0.586 e. The van der Waals surface area contributed by atoms with Crippen LogP contribution in [0.25, 0.3) is 0 Å². The molecule has 0 aromatic heterocycles. The summed E-state index contributed by atoms with van der Waals surface area (Å²) in [6.45, 7) is 0. The first-order valence-corrected chi connectivity index (χ1v) is 4.41. The van der Waals surface area contributed by atoms with E-state index in [0.717, 1.165) is 0 Å². The van der Waals surface area contributed by atoms with Crippen molar-refractivity contribution in [3.8, 4) is 11.5 Å². The molecule has 0 spiro atoms. The molecule has 0 aliphatic carbocycles. The van der Waals surface area contributed by atoms with E-state index in [-0.39, 0.29) is 11.5 Å². The van der Waals surface area contributed by atoms with Gasteiger partial charge in [-0.05, 0) is 28.7 Å². The van der Waals surface area contributed by atoms with Crippen LogP contribution in [-0.2, 0) is 0 Å². The normalized spacial score (nSPS) is 17.5. The Morgan fingerprint density at radius 2 is 1.77 bits per heavy atom. The van der Waals surface area contributed by atoms with Gasteiger partial charge >= 0.3 is 6.29 Å². The molecule has 1 aromatic rings. The summed E-state index contributed by atoms with van der Waals surface area (Å²) < 4.78 is 34.1. The minimum atomic E-state index is -3.57. The van der Waals surface area contributed by atoms with Gasteiger partial charge in [-0.25, -0.2) is 0 Å². The lowest BCUT2D eigenvalue weighted by Gasteiger charge is -2.04. The third-order valence-corrected chi connectivity index (χ3v) is 2.45. The molecular formula is C7H4F2INO2. The predicted molar refractivity (Wildman–Crippen MR) is 49.8 cm³/mol. The summed E-state index contributed by atoms with van der Waals surface area (Å²) in [7, 11) is 0. The molecule has 1 aliphatic rings. The van der Waals surface area contributed by atoms with Gasteiger partial charge in [-0.2, -0.15) is 0 Å². The zero-order valence-electron chi connectivity index (χ0n) is 6.18. The Kier molecular flexibility index (Phi) is 1.76. The second kappa shape index (κ2) is 2.60. The Labute approximate surface area is 86.0 Å². The van der Waals surface area contributed by atoms with Crippen LogP contribution in [-0.4, -0.2) is 6.29 Å². The van der Waals surface area contributed by atoms with Gasteiger partial charge in [0.05, 0.1) is 0 Å². The smallest absolute Gasteiger partial charge is 0.398 e. The van der Waals surface area contributed by atoms with E-state index in [9.17, 15) is 8.78 Å². The number of halogens is 3. The number of nitrogens with two attached hydrogens (primary N) is 1. The molecule has 2 rings (SSSR count). The molecule has 3 nitrogen and oxygen atoms in total. The van der Waals surface area contributed by atoms with Crippen molar-refractivity contribution >= 4 is 28.3 Å². The quantitative estimate of drug-likeness (QED) is 0.590. The number of hydrogen-bond acceptors (Lipinski definition) is 3. The third kappa shape index (κ3) is 1.50. The molecule has 2 N–H and O–H groups in total. The predicted octanol–water partition coefficient (Wildman–Crippen LogP) is 2.19. The van der Waals surface area contributed by atoms with Gasteiger partial charge in [0, 0.05) is 15.3 Å². The number of hydrogen-bond donors (Lipinski definition) is 1. The SMILES string of the molecule is Nc1cc2c(cc1I)OC(F)(F)O2. The summed E-state index contributed by atoms with van der Waals surface area (Å²) in [5.74, 6) is -0.00786. The van der Waals surface area contributed by atoms with Crippen LogP contribution in [0, 0.1) is 3.57 Å². The maximum atomic E-state index is 12.5. The molecule has 0 fully saturated rings. The summed E-state index contributed by atoms with van der Waals surface area (Å²) in [5, 5.41) is 0. The summed E-state index contributed by atoms with van der Waals surface area (Å²) in [6.07, 6.45) is -3.57. The largest absolute Gasteiger partial charge is 0.586 e. The first-order valence-electron chi connectivity index (χ1n) is 3.33. The fraction of sp³-hybridized carbons (Fsp3) is 0.143. The Morgan fingerprint density at radius 1 is 1.23 bits per heavy atom. The summed E-state index contributed by atoms with van der Waals surface area (Å²) in [4.78, 5) is 0. The van der Waals surface area contributed by atoms with Crippen molar-refractivity contribution in [2.24, 2.45) is 0 Å². The Hall–Kier alpha value is -0.790. The van der Waals surface area contributed by atoms with Gasteiger partial charge in [0.25, 0.3) is 0 Å². The summed E-state index contributed by atoms with van der Waals surface area (Å²) >= 11 is 1.92. The average molecular weight is 299 g/mol. The van der Waals surface area contributed by atoms with E-state index in [2.05, 4.69) is 9.47 Å². The van der Waals surface area contributed by atoms with E-state index >= 15 is 0 Å². The molecule has 70 valence electrons. The lowest BCUT2D eigenvalue weighted by molar-refractivity contribution is -0.286. The molecule has 0 amide bonds. The van der Waals surface area contributed by atoms with Crippen LogP contribution >= 0.6 is 22.6 Å². The highest BCUT2D eigenvalue weighted by molar-refractivity contribution is 14.1. The highest BCUT2D eigenvalue weighted by Crippen LogP contribution is 2.43. The highest BCUT2D eigenvalue weighted by Gasteiger charge is 2.43. The van der Waals surface area contributed by atoms with E-state index in [4.69, 9.17) is 5.73 Å². The number of benzene rings is 1. The van der Waals surface area contributed by atoms with Crippen molar-refractivity contribution in [1.29, 1.82) is 0 Å². The lowest BCUT2D eigenvalue weighted by atomic mass is 10.3. The van der Waals surface area contributed by atoms with Crippen molar-refractivity contribution in [3.05, 3.63) is 15.7 Å². The molecule has 1 aromatic carbocycles. The molecule has 1 aliphatic heterocycles. The Morgan fingerprint density at radius 3 is 2.38 bits per heavy atom. The lowest BCUT2D eigenvalue weighted by Crippen LogP contribution is -2.25. The van der Waals surface area contributed by atoms with Crippen molar-refractivity contribution in [2.45, 2.75) is 6.29 Å². The highest BCUT2D eigenvalue weighted by atomic mass is 127. The van der Waals surface area contributed by atoms with Gasteiger partial charge in [0.2, 0.25) is 0 Å². The number of anilines is 1. The van der Waals surface area contributed by atoms with E-state index < -0.39 is 6.29 Å². The summed E-state index contributed by atoms with van der Waals surface area (Å²) in [6, 6.07) is 2.73. The van der Waals surface area contributed by atoms with Crippen molar-refractivity contribution in [2.75, 3.05) is 5.73 Å². The fourth-order valence-corrected chi connectivity index (χ4v) is 1.43. The molecule has 0 unspecified atom stereocenters. The van der Waals surface area contributed by atoms with Gasteiger partial charge in [-0.3, -0.25) is 0 Å². The van der Waals surface area contributed by atoms with E-state index in [1.54, 1.807) is 0 Å². The second-order valence-corrected chi connectivity index (χ2v) is 3.65. The number of ether oxygens (including phenoxy) is 2. The molecule has 13 heavy (non-hydrogen) atoms. The Bertz CT molecular complexity index is 337. The second-order valence-electron chi connectivity index (χ2n) is 2.49. The fourth-order valence-electron chi connectivity index (χ4n) is 0.987. The van der Waals surface area contributed by atoms with Gasteiger partial charge in [0.15, 0.2) is 11.5 Å². The van der Waals surface area contributed by atoms with E-state index in [0.29, 0.717) is 9.26 Å². The van der Waals surface area contributed by atoms with Gasteiger partial charge in [0.1, 0.15) is 0 Å². The third-order valence-electron chi connectivity index (χ3n) is 1.52. The molecule has 0 bridgehead atoms. The van der Waals surface area contributed by atoms with Gasteiger partial charge < -0.3 is 15.2 Å². The zero-order valence-corrected chi connectivity index (χ0v) is 8.34. The average Bonchev–Trinajstić information content (AvgIpc) is 2.24. The molecule has 6 heteroatoms. The molecule has 0 atom stereocenters. The summed E-state index contributed by atoms with van der Waals surface area (Å²) in [5.41, 5.74) is 5.88. The number of fused-ring (bicyclic) bond motifs is 1. The minimum Gasteiger partial charge on any atom is -0.398 e. The topological polar surface area (TPSA) is 44.5 Å². The Balaban J connectivity index is 2.48. The molecule has 0 saturated carbocycles. The molecular weight excluding hydrogens is 295 g/mol. The molecule has 0 radical (unpaired) electrons. The van der Waals surface area contributed by atoms with Gasteiger partial charge in [-0.15, -0.1) is 8.78 Å². The van der Waals surface area contributed by atoms with Crippen LogP contribution in [0.15, 0.2) is 12.1 Å². The first kappa shape index (κ1) is 8.79. The zero-order chi connectivity index (χ0) is 9.64. The van der Waals surface area contributed by atoms with Crippen molar-refractivity contribution < 1.29 is 18.3 Å². The first-order chi connectivity index (χ1) is 5.98. The van der Waals surface area contributed by atoms with E-state index in [1.807, 2.05) is 22.6 Å². The standard InChI is InChI=1S/C7H4F2INO2/c8-7(9)12-5-1-3(10)4(11)2-6(5)13-7/h1-2H,11H2. The van der Waals surface area contributed by atoms with Gasteiger partial charge in [-0.1, -0.05) is 0 Å². The van der Waals surface area contributed by atoms with Crippen LogP contribution < -0.4 is 15.2 Å².